The fourth-order valence-corrected chi connectivity index (χ4v) is 1.73. The second kappa shape index (κ2) is 5.22. The summed E-state index contributed by atoms with van der Waals surface area (Å²) in [5.74, 6) is 1.43. The van der Waals surface area contributed by atoms with Crippen LogP contribution in [-0.2, 0) is 4.74 Å². The topological polar surface area (TPSA) is 66.1 Å². The molecule has 0 saturated carbocycles. The Balaban J connectivity index is 2.21. The molecule has 2 N–H and O–H groups in total. The van der Waals surface area contributed by atoms with Gasteiger partial charge in [0.1, 0.15) is 0 Å². The van der Waals surface area contributed by atoms with Crippen molar-refractivity contribution >= 4 is 24.1 Å². The first kappa shape index (κ1) is 11.3. The number of anilines is 2. The molecule has 88 valence electrons. The molecule has 7 heteroatoms. The monoisotopic (exact) mass is 241 g/mol. The van der Waals surface area contributed by atoms with E-state index in [2.05, 4.69) is 25.2 Å². The van der Waals surface area contributed by atoms with Gasteiger partial charge in [-0.2, -0.15) is 9.97 Å². The van der Waals surface area contributed by atoms with Crippen LogP contribution in [0.1, 0.15) is 6.92 Å². The van der Waals surface area contributed by atoms with Crippen LogP contribution in [0.15, 0.2) is 0 Å². The molecule has 6 nitrogen and oxygen atoms in total. The van der Waals surface area contributed by atoms with E-state index in [0.29, 0.717) is 10.7 Å². The average Bonchev–Trinajstić information content (AvgIpc) is 2.30. The molecular formula is C9H15N5OS. The van der Waals surface area contributed by atoms with Crippen molar-refractivity contribution in [3.8, 4) is 0 Å². The standard InChI is InChI=1S/C9H15N5OS/c1-2-10-7-11-8(13-9(16)12-7)14-3-5-15-6-4-14/h2-6H2,1H3,(H2,10,11,12,13,16). The van der Waals surface area contributed by atoms with Gasteiger partial charge in [0.05, 0.1) is 13.2 Å². The lowest BCUT2D eigenvalue weighted by Gasteiger charge is -2.27. The third kappa shape index (κ3) is 2.67. The van der Waals surface area contributed by atoms with E-state index in [1.807, 2.05) is 6.92 Å². The van der Waals surface area contributed by atoms with Crippen LogP contribution in [0.25, 0.3) is 0 Å². The van der Waals surface area contributed by atoms with Gasteiger partial charge in [0.15, 0.2) is 0 Å². The normalized spacial score (nSPS) is 16.2. The molecule has 16 heavy (non-hydrogen) atoms. The minimum Gasteiger partial charge on any atom is -0.378 e. The molecule has 1 aliphatic heterocycles. The largest absolute Gasteiger partial charge is 0.378 e. The van der Waals surface area contributed by atoms with Crippen LogP contribution in [0.5, 0.6) is 0 Å². The molecule has 0 unspecified atom stereocenters. The molecule has 0 bridgehead atoms. The molecule has 2 rings (SSSR count). The maximum atomic E-state index is 5.29. The van der Waals surface area contributed by atoms with E-state index in [1.165, 1.54) is 0 Å². The summed E-state index contributed by atoms with van der Waals surface area (Å²) in [6.07, 6.45) is 0. The first-order valence-corrected chi connectivity index (χ1v) is 5.75. The zero-order chi connectivity index (χ0) is 11.4. The average molecular weight is 241 g/mol. The van der Waals surface area contributed by atoms with Gasteiger partial charge in [-0.15, -0.1) is 0 Å². The van der Waals surface area contributed by atoms with Crippen molar-refractivity contribution in [3.63, 3.8) is 0 Å². The van der Waals surface area contributed by atoms with E-state index in [0.717, 1.165) is 38.8 Å². The molecule has 2 heterocycles. The molecule has 1 aromatic rings. The van der Waals surface area contributed by atoms with Gasteiger partial charge in [-0.25, -0.2) is 0 Å². The third-order valence-corrected chi connectivity index (χ3v) is 2.48. The predicted molar refractivity (Wildman–Crippen MR) is 64.4 cm³/mol. The second-order valence-electron chi connectivity index (χ2n) is 3.43. The number of ether oxygens (including phenoxy) is 1. The fourth-order valence-electron chi connectivity index (χ4n) is 1.55. The molecule has 0 aromatic carbocycles. The number of nitrogens with zero attached hydrogens (tertiary/aromatic N) is 3. The fraction of sp³-hybridized carbons (Fsp3) is 0.667. The number of hydrogen-bond acceptors (Lipinski definition) is 6. The molecule has 1 aromatic heterocycles. The van der Waals surface area contributed by atoms with Crippen LogP contribution >= 0.6 is 12.2 Å². The van der Waals surface area contributed by atoms with E-state index >= 15 is 0 Å². The van der Waals surface area contributed by atoms with Crippen molar-refractivity contribution in [3.05, 3.63) is 4.77 Å². The lowest BCUT2D eigenvalue weighted by atomic mass is 10.4. The van der Waals surface area contributed by atoms with Gasteiger partial charge in [0, 0.05) is 19.6 Å². The highest BCUT2D eigenvalue weighted by molar-refractivity contribution is 7.71. The zero-order valence-electron chi connectivity index (χ0n) is 9.19. The minimum atomic E-state index is 0.358. The predicted octanol–water partition coefficient (Wildman–Crippen LogP) is 0.803. The van der Waals surface area contributed by atoms with Crippen LogP contribution in [0.3, 0.4) is 0 Å². The molecule has 0 atom stereocenters. The molecule has 0 amide bonds. The molecule has 1 fully saturated rings. The van der Waals surface area contributed by atoms with Gasteiger partial charge in [0.25, 0.3) is 0 Å². The molecule has 1 aliphatic rings. The summed E-state index contributed by atoms with van der Waals surface area (Å²) in [6, 6.07) is 0. The van der Waals surface area contributed by atoms with Crippen LogP contribution in [0.4, 0.5) is 11.9 Å². The Morgan fingerprint density at radius 1 is 1.44 bits per heavy atom. The zero-order valence-corrected chi connectivity index (χ0v) is 10.0. The van der Waals surface area contributed by atoms with Crippen molar-refractivity contribution in [1.82, 2.24) is 15.0 Å². The summed E-state index contributed by atoms with van der Waals surface area (Å²) in [4.78, 5) is 13.6. The SMILES string of the molecule is CCNc1nc(=S)nc(N2CCOCC2)[nH]1. The van der Waals surface area contributed by atoms with Crippen molar-refractivity contribution in [2.24, 2.45) is 0 Å². The van der Waals surface area contributed by atoms with Crippen LogP contribution < -0.4 is 10.2 Å². The summed E-state index contributed by atoms with van der Waals surface area (Å²) in [5.41, 5.74) is 0. The maximum absolute atomic E-state index is 5.29. The van der Waals surface area contributed by atoms with Crippen LogP contribution in [0.2, 0.25) is 0 Å². The number of aromatic nitrogens is 3. The van der Waals surface area contributed by atoms with E-state index < -0.39 is 0 Å². The quantitative estimate of drug-likeness (QED) is 0.763. The minimum absolute atomic E-state index is 0.358. The molecule has 0 aliphatic carbocycles. The Kier molecular flexibility index (Phi) is 3.68. The molecule has 0 radical (unpaired) electrons. The van der Waals surface area contributed by atoms with Crippen molar-refractivity contribution in [1.29, 1.82) is 0 Å². The lowest BCUT2D eigenvalue weighted by molar-refractivity contribution is 0.122. The highest BCUT2D eigenvalue weighted by Gasteiger charge is 2.13. The summed E-state index contributed by atoms with van der Waals surface area (Å²) in [7, 11) is 0. The van der Waals surface area contributed by atoms with Gasteiger partial charge in [-0.3, -0.25) is 4.98 Å². The number of aromatic amines is 1. The first-order chi connectivity index (χ1) is 7.79. The Labute approximate surface area is 99.1 Å². The summed E-state index contributed by atoms with van der Waals surface area (Å²) < 4.78 is 5.65. The Bertz CT molecular complexity index is 401. The molecule has 0 spiro atoms. The van der Waals surface area contributed by atoms with E-state index in [1.54, 1.807) is 0 Å². The van der Waals surface area contributed by atoms with E-state index in [-0.39, 0.29) is 0 Å². The van der Waals surface area contributed by atoms with Crippen LogP contribution in [-0.4, -0.2) is 47.8 Å². The highest BCUT2D eigenvalue weighted by Crippen LogP contribution is 2.10. The number of rotatable bonds is 3. The second-order valence-corrected chi connectivity index (χ2v) is 3.80. The van der Waals surface area contributed by atoms with Gasteiger partial charge in [0.2, 0.25) is 16.7 Å². The van der Waals surface area contributed by atoms with Crippen molar-refractivity contribution < 1.29 is 4.74 Å². The number of H-pyrrole nitrogens is 1. The van der Waals surface area contributed by atoms with Gasteiger partial charge in [-0.05, 0) is 19.1 Å². The highest BCUT2D eigenvalue weighted by atomic mass is 32.1. The lowest BCUT2D eigenvalue weighted by Crippen LogP contribution is -2.37. The number of morpholine rings is 1. The summed E-state index contributed by atoms with van der Waals surface area (Å²) >= 11 is 5.03. The van der Waals surface area contributed by atoms with E-state index in [9.17, 15) is 0 Å². The Hall–Kier alpha value is -1.21. The third-order valence-electron chi connectivity index (χ3n) is 2.29. The number of nitrogens with one attached hydrogen (secondary N) is 2. The summed E-state index contributed by atoms with van der Waals surface area (Å²) in [6.45, 7) is 5.90. The van der Waals surface area contributed by atoms with Crippen LogP contribution in [0, 0.1) is 4.77 Å². The van der Waals surface area contributed by atoms with Crippen molar-refractivity contribution in [2.75, 3.05) is 43.1 Å². The van der Waals surface area contributed by atoms with E-state index in [4.69, 9.17) is 17.0 Å². The van der Waals surface area contributed by atoms with Gasteiger partial charge >= 0.3 is 0 Å². The Morgan fingerprint density at radius 3 is 2.88 bits per heavy atom. The number of hydrogen-bond donors (Lipinski definition) is 2. The molecule has 1 saturated heterocycles. The Morgan fingerprint density at radius 2 is 2.19 bits per heavy atom. The molecular weight excluding hydrogens is 226 g/mol. The van der Waals surface area contributed by atoms with Gasteiger partial charge < -0.3 is 15.0 Å². The van der Waals surface area contributed by atoms with Crippen molar-refractivity contribution in [2.45, 2.75) is 6.92 Å². The van der Waals surface area contributed by atoms with Gasteiger partial charge in [-0.1, -0.05) is 0 Å². The summed E-state index contributed by atoms with van der Waals surface area (Å²) in [5, 5.41) is 3.10. The first-order valence-electron chi connectivity index (χ1n) is 5.34. The smallest absolute Gasteiger partial charge is 0.225 e. The maximum Gasteiger partial charge on any atom is 0.225 e.